The first-order valence-electron chi connectivity index (χ1n) is 6.79. The van der Waals surface area contributed by atoms with Gasteiger partial charge < -0.3 is 4.90 Å². The van der Waals surface area contributed by atoms with E-state index in [1.165, 1.54) is 5.56 Å². The van der Waals surface area contributed by atoms with Crippen LogP contribution in [-0.4, -0.2) is 22.8 Å². The molecule has 0 aliphatic heterocycles. The molecule has 0 aliphatic carbocycles. The maximum absolute atomic E-state index is 12.3. The Morgan fingerprint density at radius 1 is 1.30 bits per heavy atom. The van der Waals surface area contributed by atoms with E-state index in [0.29, 0.717) is 6.42 Å². The van der Waals surface area contributed by atoms with Gasteiger partial charge in [-0.2, -0.15) is 0 Å². The molecule has 1 heterocycles. The van der Waals surface area contributed by atoms with Crippen LogP contribution in [0.4, 0.5) is 0 Å². The van der Waals surface area contributed by atoms with Crippen molar-refractivity contribution in [3.05, 3.63) is 65.5 Å². The Balaban J connectivity index is 2.05. The lowest BCUT2D eigenvalue weighted by atomic mass is 10.1. The molecule has 1 amide bonds. The minimum Gasteiger partial charge on any atom is -0.339 e. The number of nitrogens with zero attached hydrogens (tertiary/aromatic N) is 2. The van der Waals surface area contributed by atoms with Crippen molar-refractivity contribution in [2.45, 2.75) is 26.3 Å². The van der Waals surface area contributed by atoms with Gasteiger partial charge in [0.2, 0.25) is 5.91 Å². The fraction of sp³-hybridized carbons (Fsp3) is 0.294. The number of amides is 1. The van der Waals surface area contributed by atoms with Crippen molar-refractivity contribution < 1.29 is 4.79 Å². The third-order valence-corrected chi connectivity index (χ3v) is 3.58. The summed E-state index contributed by atoms with van der Waals surface area (Å²) < 4.78 is 0. The number of carbonyl (C=O) groups excluding carboxylic acids is 1. The highest BCUT2D eigenvalue weighted by molar-refractivity contribution is 5.79. The predicted octanol–water partition coefficient (Wildman–Crippen LogP) is 3.15. The fourth-order valence-electron chi connectivity index (χ4n) is 2.18. The van der Waals surface area contributed by atoms with Crippen molar-refractivity contribution in [1.29, 1.82) is 0 Å². The van der Waals surface area contributed by atoms with E-state index in [-0.39, 0.29) is 11.9 Å². The van der Waals surface area contributed by atoms with Crippen LogP contribution in [0.2, 0.25) is 0 Å². The molecule has 0 saturated heterocycles. The molecule has 1 aromatic carbocycles. The van der Waals surface area contributed by atoms with Crippen LogP contribution in [0.25, 0.3) is 0 Å². The number of hydrogen-bond acceptors (Lipinski definition) is 2. The van der Waals surface area contributed by atoms with E-state index < -0.39 is 0 Å². The Labute approximate surface area is 120 Å². The van der Waals surface area contributed by atoms with Crippen molar-refractivity contribution in [3.8, 4) is 0 Å². The fourth-order valence-corrected chi connectivity index (χ4v) is 2.18. The summed E-state index contributed by atoms with van der Waals surface area (Å²) in [5.41, 5.74) is 3.28. The van der Waals surface area contributed by atoms with Gasteiger partial charge in [-0.05, 0) is 31.0 Å². The second-order valence-electron chi connectivity index (χ2n) is 5.13. The van der Waals surface area contributed by atoms with Crippen molar-refractivity contribution in [2.24, 2.45) is 0 Å². The van der Waals surface area contributed by atoms with Gasteiger partial charge in [0, 0.05) is 19.4 Å². The van der Waals surface area contributed by atoms with Gasteiger partial charge in [-0.15, -0.1) is 0 Å². The lowest BCUT2D eigenvalue weighted by Crippen LogP contribution is -2.31. The van der Waals surface area contributed by atoms with Gasteiger partial charge in [0.15, 0.2) is 0 Å². The molecule has 104 valence electrons. The third kappa shape index (κ3) is 3.44. The number of aryl methyl sites for hydroxylation is 1. The second kappa shape index (κ2) is 6.33. The monoisotopic (exact) mass is 268 g/mol. The van der Waals surface area contributed by atoms with Gasteiger partial charge in [0.25, 0.3) is 0 Å². The van der Waals surface area contributed by atoms with E-state index in [9.17, 15) is 4.79 Å². The molecular formula is C17H20N2O. The van der Waals surface area contributed by atoms with Crippen LogP contribution in [-0.2, 0) is 11.2 Å². The molecule has 1 atom stereocenters. The van der Waals surface area contributed by atoms with Crippen molar-refractivity contribution in [2.75, 3.05) is 7.05 Å². The molecule has 2 rings (SSSR count). The maximum Gasteiger partial charge on any atom is 0.227 e. The summed E-state index contributed by atoms with van der Waals surface area (Å²) in [7, 11) is 1.84. The Bertz CT molecular complexity index is 581. The zero-order chi connectivity index (χ0) is 14.5. The lowest BCUT2D eigenvalue weighted by Gasteiger charge is -2.25. The molecule has 3 nitrogen and oxygen atoms in total. The first kappa shape index (κ1) is 14.3. The predicted molar refractivity (Wildman–Crippen MR) is 80.3 cm³/mol. The Kier molecular flexibility index (Phi) is 4.51. The minimum atomic E-state index is 0.0287. The van der Waals surface area contributed by atoms with Crippen molar-refractivity contribution in [1.82, 2.24) is 9.88 Å². The summed E-state index contributed by atoms with van der Waals surface area (Å²) in [5.74, 6) is 0.118. The molecule has 0 radical (unpaired) electrons. The number of rotatable bonds is 4. The van der Waals surface area contributed by atoms with E-state index in [1.54, 1.807) is 17.3 Å². The van der Waals surface area contributed by atoms with E-state index in [1.807, 2.05) is 51.2 Å². The molecular weight excluding hydrogens is 248 g/mol. The highest BCUT2D eigenvalue weighted by atomic mass is 16.2. The topological polar surface area (TPSA) is 33.2 Å². The zero-order valence-corrected chi connectivity index (χ0v) is 12.2. The molecule has 1 aromatic heterocycles. The SMILES string of the molecule is Cc1cccc(CC(=O)N(C)[C@H](C)c2cccnc2)c1. The zero-order valence-electron chi connectivity index (χ0n) is 12.2. The summed E-state index contributed by atoms with van der Waals surface area (Å²) in [6, 6.07) is 12.0. The third-order valence-electron chi connectivity index (χ3n) is 3.58. The van der Waals surface area contributed by atoms with E-state index in [4.69, 9.17) is 0 Å². The summed E-state index contributed by atoms with van der Waals surface area (Å²) in [4.78, 5) is 18.2. The Morgan fingerprint density at radius 3 is 2.75 bits per heavy atom. The van der Waals surface area contributed by atoms with Crippen LogP contribution in [0, 0.1) is 6.92 Å². The van der Waals surface area contributed by atoms with Gasteiger partial charge in [0.05, 0.1) is 12.5 Å². The number of pyridine rings is 1. The summed E-state index contributed by atoms with van der Waals surface area (Å²) in [5, 5.41) is 0. The van der Waals surface area contributed by atoms with Gasteiger partial charge >= 0.3 is 0 Å². The summed E-state index contributed by atoms with van der Waals surface area (Å²) in [6.07, 6.45) is 3.98. The van der Waals surface area contributed by atoms with E-state index in [2.05, 4.69) is 11.1 Å². The van der Waals surface area contributed by atoms with Crippen LogP contribution in [0.5, 0.6) is 0 Å². The summed E-state index contributed by atoms with van der Waals surface area (Å²) in [6.45, 7) is 4.06. The number of benzene rings is 1. The van der Waals surface area contributed by atoms with Crippen LogP contribution in [0.1, 0.15) is 29.7 Å². The maximum atomic E-state index is 12.3. The quantitative estimate of drug-likeness (QED) is 0.853. The second-order valence-corrected chi connectivity index (χ2v) is 5.13. The number of aromatic nitrogens is 1. The standard InChI is InChI=1S/C17H20N2O/c1-13-6-4-7-15(10-13)11-17(20)19(3)14(2)16-8-5-9-18-12-16/h4-10,12,14H,11H2,1-3H3/t14-/m1/s1. The average molecular weight is 268 g/mol. The molecule has 2 aromatic rings. The number of likely N-dealkylation sites (N-methyl/N-ethyl adjacent to an activating group) is 1. The van der Waals surface area contributed by atoms with Crippen LogP contribution < -0.4 is 0 Å². The molecule has 0 N–H and O–H groups in total. The van der Waals surface area contributed by atoms with Crippen molar-refractivity contribution in [3.63, 3.8) is 0 Å². The molecule has 20 heavy (non-hydrogen) atoms. The molecule has 0 fully saturated rings. The van der Waals surface area contributed by atoms with Gasteiger partial charge in [-0.3, -0.25) is 9.78 Å². The first-order chi connectivity index (χ1) is 9.58. The highest BCUT2D eigenvalue weighted by Crippen LogP contribution is 2.18. The van der Waals surface area contributed by atoms with E-state index in [0.717, 1.165) is 11.1 Å². The average Bonchev–Trinajstić information content (AvgIpc) is 2.46. The summed E-state index contributed by atoms with van der Waals surface area (Å²) >= 11 is 0. The van der Waals surface area contributed by atoms with Crippen LogP contribution in [0.3, 0.4) is 0 Å². The van der Waals surface area contributed by atoms with Gasteiger partial charge in [0.1, 0.15) is 0 Å². The van der Waals surface area contributed by atoms with Crippen LogP contribution in [0.15, 0.2) is 48.8 Å². The Hall–Kier alpha value is -2.16. The normalized spacial score (nSPS) is 11.9. The molecule has 0 saturated carbocycles. The molecule has 3 heteroatoms. The lowest BCUT2D eigenvalue weighted by molar-refractivity contribution is -0.131. The molecule has 0 aliphatic rings. The van der Waals surface area contributed by atoms with E-state index >= 15 is 0 Å². The number of carbonyl (C=O) groups is 1. The smallest absolute Gasteiger partial charge is 0.227 e. The molecule has 0 spiro atoms. The van der Waals surface area contributed by atoms with Gasteiger partial charge in [-0.1, -0.05) is 35.9 Å². The largest absolute Gasteiger partial charge is 0.339 e. The first-order valence-corrected chi connectivity index (χ1v) is 6.79. The minimum absolute atomic E-state index is 0.0287. The van der Waals surface area contributed by atoms with Crippen LogP contribution >= 0.6 is 0 Å². The molecule has 0 bridgehead atoms. The Morgan fingerprint density at radius 2 is 2.10 bits per heavy atom. The van der Waals surface area contributed by atoms with Crippen molar-refractivity contribution >= 4 is 5.91 Å². The number of hydrogen-bond donors (Lipinski definition) is 0. The highest BCUT2D eigenvalue weighted by Gasteiger charge is 2.17. The van der Waals surface area contributed by atoms with Gasteiger partial charge in [-0.25, -0.2) is 0 Å². The molecule has 0 unspecified atom stereocenters.